The Labute approximate surface area is 120 Å². The Morgan fingerprint density at radius 1 is 1.35 bits per heavy atom. The van der Waals surface area contributed by atoms with Gasteiger partial charge in [0.1, 0.15) is 5.84 Å². The minimum absolute atomic E-state index is 0.174. The average Bonchev–Trinajstić information content (AvgIpc) is 2.86. The molecule has 0 aromatic carbocycles. The van der Waals surface area contributed by atoms with Crippen molar-refractivity contribution in [2.45, 2.75) is 45.6 Å². The lowest BCUT2D eigenvalue weighted by atomic mass is 10.0. The number of fused-ring (bicyclic) bond motifs is 5. The minimum Gasteiger partial charge on any atom is -0.409 e. The van der Waals surface area contributed by atoms with Gasteiger partial charge in [0.05, 0.1) is 0 Å². The molecule has 0 saturated heterocycles. The maximum Gasteiger partial charge on any atom is 0.226 e. The van der Waals surface area contributed by atoms with E-state index in [1.807, 2.05) is 18.7 Å². The van der Waals surface area contributed by atoms with Gasteiger partial charge in [-0.1, -0.05) is 5.16 Å². The Bertz CT molecular complexity index is 419. The zero-order valence-electron chi connectivity index (χ0n) is 12.3. The number of rotatable bonds is 5. The molecule has 3 N–H and O–H groups in total. The lowest BCUT2D eigenvalue weighted by Gasteiger charge is -2.28. The molecule has 0 aromatic heterocycles. The van der Waals surface area contributed by atoms with Crippen LogP contribution in [0.2, 0.25) is 0 Å². The molecule has 3 aliphatic rings. The van der Waals surface area contributed by atoms with Crippen molar-refractivity contribution >= 4 is 11.7 Å². The third-order valence-corrected chi connectivity index (χ3v) is 5.66. The summed E-state index contributed by atoms with van der Waals surface area (Å²) in [4.78, 5) is 14.7. The zero-order valence-corrected chi connectivity index (χ0v) is 12.3. The number of carbonyl (C=O) groups is 1. The van der Waals surface area contributed by atoms with Gasteiger partial charge in [-0.2, -0.15) is 0 Å². The standard InChI is InChI=1S/C15H25N3O2/c1-8(2)18(6-5-11(16)17-20)15(19)14-12-9-3-4-10(7-9)13(12)14/h8-10,12-14,20H,3-7H2,1-2H3,(H2,16,17). The van der Waals surface area contributed by atoms with Gasteiger partial charge in [-0.3, -0.25) is 4.79 Å². The molecule has 3 fully saturated rings. The molecule has 0 heterocycles. The van der Waals surface area contributed by atoms with E-state index in [1.54, 1.807) is 0 Å². The molecular formula is C15H25N3O2. The maximum absolute atomic E-state index is 12.8. The molecule has 2 bridgehead atoms. The highest BCUT2D eigenvalue weighted by molar-refractivity contribution is 5.84. The number of nitrogens with zero attached hydrogens (tertiary/aromatic N) is 2. The van der Waals surface area contributed by atoms with Gasteiger partial charge in [0.15, 0.2) is 0 Å². The number of hydrogen-bond donors (Lipinski definition) is 2. The first kappa shape index (κ1) is 13.7. The van der Waals surface area contributed by atoms with Crippen molar-refractivity contribution in [1.82, 2.24) is 4.90 Å². The molecule has 0 radical (unpaired) electrons. The Kier molecular flexibility index (Phi) is 3.38. The van der Waals surface area contributed by atoms with Crippen LogP contribution in [-0.4, -0.2) is 34.4 Å². The smallest absolute Gasteiger partial charge is 0.226 e. The molecule has 112 valence electrons. The van der Waals surface area contributed by atoms with Crippen molar-refractivity contribution in [2.75, 3.05) is 6.54 Å². The third-order valence-electron chi connectivity index (χ3n) is 5.66. The van der Waals surface area contributed by atoms with Crippen LogP contribution in [0.3, 0.4) is 0 Å². The number of oxime groups is 1. The van der Waals surface area contributed by atoms with Crippen molar-refractivity contribution in [3.8, 4) is 0 Å². The predicted molar refractivity (Wildman–Crippen MR) is 76.2 cm³/mol. The predicted octanol–water partition coefficient (Wildman–Crippen LogP) is 1.65. The molecule has 3 saturated carbocycles. The minimum atomic E-state index is 0.174. The second kappa shape index (κ2) is 4.93. The number of carbonyl (C=O) groups excluding carboxylic acids is 1. The van der Waals surface area contributed by atoms with Crippen LogP contribution in [0.1, 0.15) is 39.5 Å². The van der Waals surface area contributed by atoms with Gasteiger partial charge in [0.25, 0.3) is 0 Å². The lowest BCUT2D eigenvalue weighted by Crippen LogP contribution is -2.41. The molecule has 4 unspecified atom stereocenters. The monoisotopic (exact) mass is 279 g/mol. The number of amidine groups is 1. The maximum atomic E-state index is 12.8. The van der Waals surface area contributed by atoms with Crippen LogP contribution in [0, 0.1) is 29.6 Å². The number of hydrogen-bond acceptors (Lipinski definition) is 3. The van der Waals surface area contributed by atoms with E-state index in [-0.39, 0.29) is 17.8 Å². The Hall–Kier alpha value is -1.26. The molecule has 0 aliphatic heterocycles. The first-order chi connectivity index (χ1) is 9.54. The fourth-order valence-electron chi connectivity index (χ4n) is 4.75. The Balaban J connectivity index is 1.62. The highest BCUT2D eigenvalue weighted by atomic mass is 16.4. The first-order valence-electron chi connectivity index (χ1n) is 7.81. The van der Waals surface area contributed by atoms with Gasteiger partial charge in [0, 0.05) is 24.9 Å². The molecule has 20 heavy (non-hydrogen) atoms. The summed E-state index contributed by atoms with van der Waals surface area (Å²) in [5.41, 5.74) is 5.52. The summed E-state index contributed by atoms with van der Waals surface area (Å²) in [5.74, 6) is 3.75. The summed E-state index contributed by atoms with van der Waals surface area (Å²) in [7, 11) is 0. The second-order valence-corrected chi connectivity index (χ2v) is 6.98. The Morgan fingerprint density at radius 2 is 1.95 bits per heavy atom. The summed E-state index contributed by atoms with van der Waals surface area (Å²) >= 11 is 0. The van der Waals surface area contributed by atoms with Crippen molar-refractivity contribution in [2.24, 2.45) is 40.5 Å². The van der Waals surface area contributed by atoms with Crippen LogP contribution in [0.4, 0.5) is 0 Å². The van der Waals surface area contributed by atoms with Gasteiger partial charge in [-0.25, -0.2) is 0 Å². The van der Waals surface area contributed by atoms with E-state index in [4.69, 9.17) is 10.9 Å². The van der Waals surface area contributed by atoms with E-state index in [9.17, 15) is 4.79 Å². The highest BCUT2D eigenvalue weighted by Gasteiger charge is 2.68. The SMILES string of the molecule is CC(C)N(CCC(N)=NO)C(=O)C1C2C3CCC(C3)C12. The lowest BCUT2D eigenvalue weighted by molar-refractivity contribution is -0.135. The molecule has 5 heteroatoms. The molecule has 0 spiro atoms. The molecule has 1 amide bonds. The van der Waals surface area contributed by atoms with Gasteiger partial charge in [0.2, 0.25) is 5.91 Å². The Morgan fingerprint density at radius 3 is 2.45 bits per heavy atom. The van der Waals surface area contributed by atoms with Crippen LogP contribution in [-0.2, 0) is 4.79 Å². The summed E-state index contributed by atoms with van der Waals surface area (Å²) in [6.07, 6.45) is 4.48. The molecule has 0 aromatic rings. The van der Waals surface area contributed by atoms with E-state index in [0.717, 1.165) is 11.8 Å². The summed E-state index contributed by atoms with van der Waals surface area (Å²) < 4.78 is 0. The second-order valence-electron chi connectivity index (χ2n) is 6.98. The van der Waals surface area contributed by atoms with Gasteiger partial charge < -0.3 is 15.8 Å². The fraction of sp³-hybridized carbons (Fsp3) is 0.867. The van der Waals surface area contributed by atoms with Crippen molar-refractivity contribution in [3.05, 3.63) is 0 Å². The first-order valence-corrected chi connectivity index (χ1v) is 7.81. The van der Waals surface area contributed by atoms with Gasteiger partial charge >= 0.3 is 0 Å². The zero-order chi connectivity index (χ0) is 14.4. The molecular weight excluding hydrogens is 254 g/mol. The molecule has 3 rings (SSSR count). The molecule has 5 nitrogen and oxygen atoms in total. The molecule has 3 aliphatic carbocycles. The van der Waals surface area contributed by atoms with Crippen molar-refractivity contribution in [3.63, 3.8) is 0 Å². The normalized spacial score (nSPS) is 38.1. The summed E-state index contributed by atoms with van der Waals surface area (Å²) in [5, 5.41) is 11.6. The van der Waals surface area contributed by atoms with Crippen LogP contribution in [0.15, 0.2) is 5.16 Å². The van der Waals surface area contributed by atoms with E-state index in [0.29, 0.717) is 30.7 Å². The quantitative estimate of drug-likeness (QED) is 0.347. The summed E-state index contributed by atoms with van der Waals surface area (Å²) in [6, 6.07) is 0.174. The van der Waals surface area contributed by atoms with E-state index < -0.39 is 0 Å². The fourth-order valence-corrected chi connectivity index (χ4v) is 4.75. The van der Waals surface area contributed by atoms with E-state index in [1.165, 1.54) is 19.3 Å². The number of nitrogens with two attached hydrogens (primary N) is 1. The van der Waals surface area contributed by atoms with Crippen molar-refractivity contribution in [1.29, 1.82) is 0 Å². The van der Waals surface area contributed by atoms with Crippen LogP contribution in [0.25, 0.3) is 0 Å². The van der Waals surface area contributed by atoms with Crippen LogP contribution < -0.4 is 5.73 Å². The number of amides is 1. The van der Waals surface area contributed by atoms with E-state index in [2.05, 4.69) is 5.16 Å². The van der Waals surface area contributed by atoms with Gasteiger partial charge in [-0.15, -0.1) is 0 Å². The van der Waals surface area contributed by atoms with Crippen molar-refractivity contribution < 1.29 is 10.0 Å². The average molecular weight is 279 g/mol. The largest absolute Gasteiger partial charge is 0.409 e. The van der Waals surface area contributed by atoms with Crippen LogP contribution in [0.5, 0.6) is 0 Å². The third kappa shape index (κ3) is 2.07. The molecule has 4 atom stereocenters. The summed E-state index contributed by atoms with van der Waals surface area (Å²) in [6.45, 7) is 4.63. The van der Waals surface area contributed by atoms with E-state index >= 15 is 0 Å². The van der Waals surface area contributed by atoms with Crippen LogP contribution >= 0.6 is 0 Å². The van der Waals surface area contributed by atoms with Gasteiger partial charge in [-0.05, 0) is 56.8 Å². The highest BCUT2D eigenvalue weighted by Crippen LogP contribution is 2.69. The topological polar surface area (TPSA) is 78.9 Å².